The Bertz CT molecular complexity index is 1350. The minimum absolute atomic E-state index is 0. The summed E-state index contributed by atoms with van der Waals surface area (Å²) in [5.41, 5.74) is 0. The van der Waals surface area contributed by atoms with Crippen molar-refractivity contribution >= 4 is 94.0 Å². The molecule has 0 rings (SSSR count). The van der Waals surface area contributed by atoms with E-state index in [1.54, 1.807) is 128 Å². The van der Waals surface area contributed by atoms with Crippen molar-refractivity contribution in [1.29, 1.82) is 0 Å². The minimum Gasteiger partial charge on any atom is -1.00 e. The summed E-state index contributed by atoms with van der Waals surface area (Å²) in [5.74, 6) is 0. The summed E-state index contributed by atoms with van der Waals surface area (Å²) in [5, 5.41) is 0. The lowest BCUT2D eigenvalue weighted by molar-refractivity contribution is -0.890. The van der Waals surface area contributed by atoms with E-state index in [0.29, 0.717) is 0 Å². The highest BCUT2D eigenvalue weighted by molar-refractivity contribution is 14.1. The molecule has 0 aromatic rings. The highest BCUT2D eigenvalue weighted by atomic mass is 127. The molecule has 0 spiro atoms. The average Bonchev–Trinajstić information content (AvgIpc) is 0.902. The van der Waals surface area contributed by atoms with Crippen LogP contribution in [0.4, 0.5) is 0 Å². The van der Waals surface area contributed by atoms with Gasteiger partial charge in [-0.25, -0.2) is 0 Å². The molecule has 0 aromatic carbocycles. The summed E-state index contributed by atoms with van der Waals surface area (Å²) in [6, 6.07) is 5.07. The van der Waals surface area contributed by atoms with Crippen LogP contribution < -0.4 is 24.0 Å². The number of halogens is 2. The summed E-state index contributed by atoms with van der Waals surface area (Å²) >= 11 is 2.33. The molecule has 0 fully saturated rings. The molecular formula is C80H208I2N2O22Si8. The van der Waals surface area contributed by atoms with Crippen molar-refractivity contribution in [3.05, 3.63) is 0 Å². The second-order valence-corrected chi connectivity index (χ2v) is 42.6. The first kappa shape index (κ1) is 166. The summed E-state index contributed by atoms with van der Waals surface area (Å²) in [6.07, 6.45) is 30.6. The molecule has 0 aliphatic rings. The Kier molecular flexibility index (Phi) is 222. The number of hydrogen-bond donors (Lipinski definition) is 0. The molecule has 0 atom stereocenters. The van der Waals surface area contributed by atoms with Crippen molar-refractivity contribution in [2.24, 2.45) is 0 Å². The van der Waals surface area contributed by atoms with Gasteiger partial charge in [0.25, 0.3) is 0 Å². The van der Waals surface area contributed by atoms with E-state index in [0.717, 1.165) is 64.6 Å². The third-order valence-electron chi connectivity index (χ3n) is 15.3. The van der Waals surface area contributed by atoms with Crippen LogP contribution in [0.2, 0.25) is 36.3 Å². The summed E-state index contributed by atoms with van der Waals surface area (Å²) in [7, 11) is 22.2. The van der Waals surface area contributed by atoms with Gasteiger partial charge < -0.3 is 113 Å². The molecule has 0 heterocycles. The molecule has 24 nitrogen and oxygen atoms in total. The molecule has 0 saturated heterocycles. The predicted octanol–water partition coefficient (Wildman–Crippen LogP) is 21.0. The van der Waals surface area contributed by atoms with Gasteiger partial charge in [-0.2, -0.15) is 0 Å². The normalized spacial score (nSPS) is 9.88. The Morgan fingerprint density at radius 3 is 0.544 bits per heavy atom. The topological polar surface area (TPSA) is 238 Å². The van der Waals surface area contributed by atoms with E-state index in [-0.39, 0.29) is 24.0 Å². The van der Waals surface area contributed by atoms with E-state index in [9.17, 15) is 0 Å². The first-order chi connectivity index (χ1) is 54.3. The molecule has 0 aliphatic carbocycles. The van der Waals surface area contributed by atoms with Crippen LogP contribution in [0.25, 0.3) is 0 Å². The van der Waals surface area contributed by atoms with Gasteiger partial charge in [-0.3, -0.25) is 17.8 Å². The van der Waals surface area contributed by atoms with Crippen LogP contribution in [-0.4, -0.2) is 261 Å². The van der Waals surface area contributed by atoms with E-state index in [2.05, 4.69) is 69.5 Å². The van der Waals surface area contributed by atoms with Gasteiger partial charge in [0.15, 0.2) is 0 Å². The molecule has 0 N–H and O–H groups in total. The largest absolute Gasteiger partial charge is 1.00 e. The highest BCUT2D eigenvalue weighted by Gasteiger charge is 2.39. The van der Waals surface area contributed by atoms with Crippen LogP contribution in [0.15, 0.2) is 0 Å². The van der Waals surface area contributed by atoms with Crippen molar-refractivity contribution in [2.45, 2.75) is 358 Å². The lowest BCUT2D eigenvalue weighted by Crippen LogP contribution is -3.00. The lowest BCUT2D eigenvalue weighted by atomic mass is 10.1. The summed E-state index contributed by atoms with van der Waals surface area (Å²) in [4.78, 5) is 2.28. The molecule has 0 amide bonds. The van der Waals surface area contributed by atoms with E-state index >= 15 is 0 Å². The molecular weight excluding hydrogens is 1820 g/mol. The molecule has 0 unspecified atom stereocenters. The van der Waals surface area contributed by atoms with E-state index in [4.69, 9.17) is 97.5 Å². The van der Waals surface area contributed by atoms with Gasteiger partial charge in [0.1, 0.15) is 0 Å². The fourth-order valence-corrected chi connectivity index (χ4v) is 18.9. The zero-order chi connectivity index (χ0) is 93.8. The maximum Gasteiger partial charge on any atom is 0.549 e. The second kappa shape index (κ2) is 152. The molecule has 0 aliphatic heterocycles. The molecule has 114 heavy (non-hydrogen) atoms. The van der Waals surface area contributed by atoms with Gasteiger partial charge in [0, 0.05) is 171 Å². The van der Waals surface area contributed by atoms with Gasteiger partial charge in [-0.1, -0.05) is 312 Å². The van der Waals surface area contributed by atoms with E-state index in [1.165, 1.54) is 142 Å². The molecule has 716 valence electrons. The van der Waals surface area contributed by atoms with Gasteiger partial charge >= 0.3 is 71.4 Å². The Morgan fingerprint density at radius 1 is 0.254 bits per heavy atom. The van der Waals surface area contributed by atoms with Gasteiger partial charge in [-0.15, -0.1) is 0 Å². The van der Waals surface area contributed by atoms with Crippen LogP contribution >= 0.6 is 22.6 Å². The molecule has 34 heteroatoms. The van der Waals surface area contributed by atoms with Crippen LogP contribution in [0.3, 0.4) is 0 Å². The zero-order valence-corrected chi connectivity index (χ0v) is 97.6. The minimum atomic E-state index is -2.39. The van der Waals surface area contributed by atoms with Crippen LogP contribution in [-0.2, 0) is 97.5 Å². The third-order valence-corrected chi connectivity index (χ3v) is 32.6. The Hall–Kier alpha value is 1.60. The molecule has 0 radical (unpaired) electrons. The van der Waals surface area contributed by atoms with Crippen molar-refractivity contribution in [3.63, 3.8) is 0 Å². The van der Waals surface area contributed by atoms with Crippen molar-refractivity contribution in [1.82, 2.24) is 4.90 Å². The quantitative estimate of drug-likeness (QED) is 0.0181. The number of hydrogen-bond acceptors (Lipinski definition) is 23. The van der Waals surface area contributed by atoms with Crippen molar-refractivity contribution in [2.75, 3.05) is 180 Å². The third kappa shape index (κ3) is 129. The number of alkyl halides is 1. The van der Waals surface area contributed by atoms with E-state index < -0.39 is 71.4 Å². The number of unbranched alkanes of at least 4 members (excludes halogenated alkanes) is 18. The number of nitrogens with zero attached hydrogens (tertiary/aromatic N) is 2. The number of rotatable bonds is 51. The van der Waals surface area contributed by atoms with Gasteiger partial charge in [-0.05, 0) is 50.8 Å². The Labute approximate surface area is 756 Å². The zero-order valence-electron chi connectivity index (χ0n) is 85.3. The lowest BCUT2D eigenvalue weighted by Gasteiger charge is -2.31. The van der Waals surface area contributed by atoms with Crippen molar-refractivity contribution < 1.29 is 126 Å². The van der Waals surface area contributed by atoms with Gasteiger partial charge in [0.2, 0.25) is 0 Å². The van der Waals surface area contributed by atoms with Gasteiger partial charge in [0.05, 0.1) is 27.2 Å². The monoisotopic (exact) mass is 2030 g/mol. The first-order valence-corrected chi connectivity index (χ1v) is 58.0. The van der Waals surface area contributed by atoms with Crippen molar-refractivity contribution in [3.8, 4) is 0 Å². The van der Waals surface area contributed by atoms with Crippen LogP contribution in [0, 0.1) is 0 Å². The average molecular weight is 2030 g/mol. The SMILES string of the molecule is CC.CC.CC.CC.CC.CC.CC.CC.CC.CC.CCCCCCCCCCCCN(C)C.CCCCCCCCCCCC[N+](C)(C)CCC[Si](OC)(OC)OC.CC[Si](OC)(OC)OC.CC[Si](OC)(OC)OC.CC[Si](OC)(OC)OC.CC[Si](OC)(OC)OC.CO[Si](CCCI)(OC)OC.O=[Si]=O.O=[Si]=O.[I-]. The standard InChI is InChI=1S/C20H46NO3Si.C14H31N.C6H15IO3Si.4C5H14O3Si.10C2H6.HI.2O2Si/c1-7-8-9-10-11-12-13-14-15-16-18-21(2,3)19-17-20-25(22-4,23-5)24-6;1-4-5-6-7-8-9-10-11-12-13-14-15(2)3;1-8-11(9-2,10-3)6-4-5-7;4*1-5-9(6-2,7-3)8-4;10*1-2;;2*1-3-2/h7-20H2,1-6H3;4-14H2,1-3H3;4-6H2,1-3H3;4*5H2,1-4H3;10*1-2H3;1H;;/q+1;;;;;;;;;;;;;;;;;;;/p-1. The fourth-order valence-electron chi connectivity index (χ4n) is 8.91. The maximum absolute atomic E-state index is 8.40. The molecule has 0 saturated carbocycles. The Morgan fingerprint density at radius 2 is 0.404 bits per heavy atom. The highest BCUT2D eigenvalue weighted by Crippen LogP contribution is 2.20. The number of quaternary nitrogens is 1. The first-order valence-electron chi connectivity index (χ1n) is 43.2. The smallest absolute Gasteiger partial charge is 0.549 e. The predicted molar refractivity (Wildman–Crippen MR) is 512 cm³/mol. The second-order valence-electron chi connectivity index (χ2n) is 21.8. The maximum atomic E-state index is 8.40. The Balaban J connectivity index is -0.0000000490. The van der Waals surface area contributed by atoms with E-state index in [1.807, 2.05) is 166 Å². The summed E-state index contributed by atoms with van der Waals surface area (Å²) in [6.45, 7) is 56.2. The summed E-state index contributed by atoms with van der Waals surface area (Å²) < 4.78 is 129. The van der Waals surface area contributed by atoms with Crippen LogP contribution in [0.1, 0.15) is 321 Å². The van der Waals surface area contributed by atoms with Crippen LogP contribution in [0.5, 0.6) is 0 Å². The fraction of sp³-hybridized carbons (Fsp3) is 1.00. The molecule has 0 aromatic heterocycles. The molecule has 0 bridgehead atoms.